The summed E-state index contributed by atoms with van der Waals surface area (Å²) in [4.78, 5) is 0. The molecule has 0 atom stereocenters. The average Bonchev–Trinajstić information content (AvgIpc) is 1.83. The second-order valence-corrected chi connectivity index (χ2v) is 2.77. The number of halogens is 2. The van der Waals surface area contributed by atoms with Crippen LogP contribution in [-0.4, -0.2) is 11.7 Å². The Balaban J connectivity index is 3.12. The lowest BCUT2D eigenvalue weighted by Gasteiger charge is -1.90. The van der Waals surface area contributed by atoms with Gasteiger partial charge >= 0.3 is 0 Å². The fraction of sp³-hybridized carbons (Fsp3) is 0.600. The van der Waals surface area contributed by atoms with E-state index in [-0.39, 0.29) is 6.61 Å². The van der Waals surface area contributed by atoms with Crippen molar-refractivity contribution in [2.75, 3.05) is 6.61 Å². The molecule has 48 valence electrons. The summed E-state index contributed by atoms with van der Waals surface area (Å²) in [6.45, 7) is 0.139. The van der Waals surface area contributed by atoms with Gasteiger partial charge in [-0.05, 0) is 35.4 Å². The van der Waals surface area contributed by atoms with Crippen molar-refractivity contribution in [3.05, 3.63) is 9.91 Å². The molecule has 0 rings (SSSR count). The van der Waals surface area contributed by atoms with Gasteiger partial charge in [0.15, 0.2) is 0 Å². The molecule has 0 aliphatic rings. The molecule has 0 spiro atoms. The summed E-state index contributed by atoms with van der Waals surface area (Å²) in [5.41, 5.74) is 0. The number of hydrogen-bond donors (Lipinski definition) is 1. The fourth-order valence-electron chi connectivity index (χ4n) is 0.302. The van der Waals surface area contributed by atoms with Crippen molar-refractivity contribution in [1.29, 1.82) is 0 Å². The van der Waals surface area contributed by atoms with E-state index in [2.05, 4.69) is 0 Å². The van der Waals surface area contributed by atoms with Crippen molar-refractivity contribution >= 4 is 22.6 Å². The SMILES string of the molecule is OCCCC(I)=CF. The van der Waals surface area contributed by atoms with E-state index in [4.69, 9.17) is 5.11 Å². The molecular formula is C5H8FIO. The molecule has 0 heterocycles. The van der Waals surface area contributed by atoms with Crippen molar-refractivity contribution in [2.24, 2.45) is 0 Å². The van der Waals surface area contributed by atoms with E-state index in [0.717, 1.165) is 0 Å². The molecule has 1 nitrogen and oxygen atoms in total. The van der Waals surface area contributed by atoms with Gasteiger partial charge in [0.2, 0.25) is 0 Å². The normalized spacial score (nSPS) is 12.1. The highest BCUT2D eigenvalue weighted by molar-refractivity contribution is 14.1. The Morgan fingerprint density at radius 1 is 1.75 bits per heavy atom. The van der Waals surface area contributed by atoms with Gasteiger partial charge in [0.1, 0.15) is 0 Å². The van der Waals surface area contributed by atoms with Gasteiger partial charge in [-0.3, -0.25) is 0 Å². The number of rotatable bonds is 3. The van der Waals surface area contributed by atoms with Crippen LogP contribution in [0.4, 0.5) is 4.39 Å². The Labute approximate surface area is 61.7 Å². The predicted octanol–water partition coefficient (Wildman–Crippen LogP) is 2.00. The van der Waals surface area contributed by atoms with Crippen molar-refractivity contribution in [3.63, 3.8) is 0 Å². The Morgan fingerprint density at radius 2 is 2.38 bits per heavy atom. The molecule has 0 aliphatic carbocycles. The second kappa shape index (κ2) is 5.50. The van der Waals surface area contributed by atoms with E-state index < -0.39 is 0 Å². The monoisotopic (exact) mass is 230 g/mol. The molecule has 8 heavy (non-hydrogen) atoms. The van der Waals surface area contributed by atoms with Gasteiger partial charge < -0.3 is 5.11 Å². The third-order valence-electron chi connectivity index (χ3n) is 0.692. The highest BCUT2D eigenvalue weighted by Crippen LogP contribution is 2.12. The summed E-state index contributed by atoms with van der Waals surface area (Å²) in [6.07, 6.45) is 1.86. The van der Waals surface area contributed by atoms with E-state index in [9.17, 15) is 4.39 Å². The molecule has 0 saturated heterocycles. The summed E-state index contributed by atoms with van der Waals surface area (Å²) in [5.74, 6) is 0. The predicted molar refractivity (Wildman–Crippen MR) is 39.5 cm³/mol. The molecule has 0 aromatic heterocycles. The number of aliphatic hydroxyl groups is 1. The summed E-state index contributed by atoms with van der Waals surface area (Å²) < 4.78 is 12.1. The first kappa shape index (κ1) is 8.36. The number of allylic oxidation sites excluding steroid dienone is 1. The van der Waals surface area contributed by atoms with E-state index in [1.807, 2.05) is 22.6 Å². The molecule has 0 bridgehead atoms. The van der Waals surface area contributed by atoms with Crippen LogP contribution in [0.25, 0.3) is 0 Å². The van der Waals surface area contributed by atoms with Gasteiger partial charge in [0.05, 0.1) is 6.33 Å². The van der Waals surface area contributed by atoms with Crippen LogP contribution >= 0.6 is 22.6 Å². The second-order valence-electron chi connectivity index (χ2n) is 1.38. The van der Waals surface area contributed by atoms with Crippen LogP contribution < -0.4 is 0 Å². The first-order valence-corrected chi connectivity index (χ1v) is 3.44. The van der Waals surface area contributed by atoms with Crippen molar-refractivity contribution in [3.8, 4) is 0 Å². The summed E-state index contributed by atoms with van der Waals surface area (Å²) >= 11 is 1.90. The van der Waals surface area contributed by atoms with E-state index in [1.165, 1.54) is 0 Å². The quantitative estimate of drug-likeness (QED) is 0.735. The van der Waals surface area contributed by atoms with Gasteiger partial charge in [0.25, 0.3) is 0 Å². The molecule has 0 aromatic carbocycles. The summed E-state index contributed by atoms with van der Waals surface area (Å²) in [7, 11) is 0. The zero-order chi connectivity index (χ0) is 6.41. The van der Waals surface area contributed by atoms with Gasteiger partial charge in [-0.2, -0.15) is 0 Å². The zero-order valence-electron chi connectivity index (χ0n) is 4.40. The van der Waals surface area contributed by atoms with Crippen LogP contribution in [0.1, 0.15) is 12.8 Å². The van der Waals surface area contributed by atoms with Crippen LogP contribution in [0.3, 0.4) is 0 Å². The Hall–Kier alpha value is 0.360. The molecule has 0 aromatic rings. The minimum Gasteiger partial charge on any atom is -0.396 e. The first-order valence-electron chi connectivity index (χ1n) is 2.37. The van der Waals surface area contributed by atoms with Gasteiger partial charge in [-0.1, -0.05) is 0 Å². The van der Waals surface area contributed by atoms with Crippen molar-refractivity contribution in [1.82, 2.24) is 0 Å². The van der Waals surface area contributed by atoms with E-state index in [0.29, 0.717) is 22.8 Å². The number of hydrogen-bond acceptors (Lipinski definition) is 1. The van der Waals surface area contributed by atoms with Crippen LogP contribution in [0.15, 0.2) is 9.91 Å². The Morgan fingerprint density at radius 3 is 2.75 bits per heavy atom. The maximum absolute atomic E-state index is 11.5. The standard InChI is InChI=1S/C5H8FIO/c6-4-5(7)2-1-3-8/h4,8H,1-3H2. The molecule has 0 amide bonds. The van der Waals surface area contributed by atoms with E-state index in [1.54, 1.807) is 0 Å². The third-order valence-corrected chi connectivity index (χ3v) is 1.47. The van der Waals surface area contributed by atoms with Crippen LogP contribution in [0.2, 0.25) is 0 Å². The molecular weight excluding hydrogens is 222 g/mol. The zero-order valence-corrected chi connectivity index (χ0v) is 6.56. The molecule has 0 unspecified atom stereocenters. The topological polar surface area (TPSA) is 20.2 Å². The number of aliphatic hydroxyl groups excluding tert-OH is 1. The molecule has 1 N–H and O–H groups in total. The third kappa shape index (κ3) is 4.52. The maximum atomic E-state index is 11.5. The average molecular weight is 230 g/mol. The lowest BCUT2D eigenvalue weighted by Crippen LogP contribution is -1.80. The molecule has 0 fully saturated rings. The van der Waals surface area contributed by atoms with Crippen LogP contribution in [0, 0.1) is 0 Å². The minimum absolute atomic E-state index is 0.139. The lowest BCUT2D eigenvalue weighted by molar-refractivity contribution is 0.289. The highest BCUT2D eigenvalue weighted by atomic mass is 127. The van der Waals surface area contributed by atoms with Crippen molar-refractivity contribution < 1.29 is 9.50 Å². The van der Waals surface area contributed by atoms with Gasteiger partial charge in [-0.25, -0.2) is 4.39 Å². The fourth-order valence-corrected chi connectivity index (χ4v) is 0.684. The van der Waals surface area contributed by atoms with Gasteiger partial charge in [-0.15, -0.1) is 0 Å². The highest BCUT2D eigenvalue weighted by Gasteiger charge is 1.88. The lowest BCUT2D eigenvalue weighted by atomic mass is 10.3. The minimum atomic E-state index is 0.139. The summed E-state index contributed by atoms with van der Waals surface area (Å²) in [5, 5.41) is 8.26. The van der Waals surface area contributed by atoms with E-state index >= 15 is 0 Å². The molecule has 0 aliphatic heterocycles. The summed E-state index contributed by atoms with van der Waals surface area (Å²) in [6, 6.07) is 0. The van der Waals surface area contributed by atoms with Crippen molar-refractivity contribution in [2.45, 2.75) is 12.8 Å². The molecule has 0 radical (unpaired) electrons. The van der Waals surface area contributed by atoms with Crippen LogP contribution in [-0.2, 0) is 0 Å². The smallest absolute Gasteiger partial charge is 0.0959 e. The first-order chi connectivity index (χ1) is 3.81. The Bertz CT molecular complexity index is 82.5. The van der Waals surface area contributed by atoms with Gasteiger partial charge in [0, 0.05) is 10.2 Å². The van der Waals surface area contributed by atoms with Crippen LogP contribution in [0.5, 0.6) is 0 Å². The molecule has 3 heteroatoms. The Kier molecular flexibility index (Phi) is 5.74. The largest absolute Gasteiger partial charge is 0.396 e. The maximum Gasteiger partial charge on any atom is 0.0959 e. The molecule has 0 saturated carbocycles.